The zero-order valence-corrected chi connectivity index (χ0v) is 52.9. The number of hydrogen-bond donors (Lipinski definition) is 3. The Hall–Kier alpha value is -1.66. The van der Waals surface area contributed by atoms with Gasteiger partial charge in [-0.25, -0.2) is 0 Å². The van der Waals surface area contributed by atoms with Crippen LogP contribution < -0.4 is 5.32 Å². The van der Waals surface area contributed by atoms with Gasteiger partial charge in [0.05, 0.1) is 25.4 Å². The highest BCUT2D eigenvalue weighted by Crippen LogP contribution is 2.19. The van der Waals surface area contributed by atoms with Gasteiger partial charge in [-0.1, -0.05) is 353 Å². The van der Waals surface area contributed by atoms with E-state index in [4.69, 9.17) is 4.74 Å². The van der Waals surface area contributed by atoms with Crippen molar-refractivity contribution < 1.29 is 24.5 Å². The van der Waals surface area contributed by atoms with Gasteiger partial charge < -0.3 is 20.3 Å². The Morgan fingerprint density at radius 2 is 0.603 bits per heavy atom. The predicted octanol–water partition coefficient (Wildman–Crippen LogP) is 22.9. The molecule has 2 unspecified atom stereocenters. The Kier molecular flexibility index (Phi) is 66.4. The van der Waals surface area contributed by atoms with E-state index in [2.05, 4.69) is 31.3 Å². The largest absolute Gasteiger partial charge is 0.466 e. The highest BCUT2D eigenvalue weighted by atomic mass is 16.5. The highest BCUT2D eigenvalue weighted by Gasteiger charge is 2.18. The summed E-state index contributed by atoms with van der Waals surface area (Å²) in [6.45, 7) is 4.94. The van der Waals surface area contributed by atoms with Crippen LogP contribution in [0.5, 0.6) is 0 Å². The standard InChI is InChI=1S/C72H139NO5/c1-3-5-7-9-11-13-15-17-19-20-21-22-23-24-25-27-30-33-37-40-44-48-52-56-60-64-70(75)69(68-74)73-71(76)65-61-57-53-49-45-41-38-34-31-28-26-29-32-35-39-43-47-51-55-59-63-67-78-72(77)66-62-58-54-50-46-42-36-18-16-14-12-10-8-6-4-2/h28,31,60,64,69-70,74-75H,3-27,29-30,32-59,61-63,65-68H2,1-2H3,(H,73,76)/b31-28-,64-60+. The molecule has 0 aliphatic carbocycles. The second-order valence-corrected chi connectivity index (χ2v) is 24.6. The molecule has 0 radical (unpaired) electrons. The van der Waals surface area contributed by atoms with Crippen molar-refractivity contribution in [3.8, 4) is 0 Å². The molecule has 0 fully saturated rings. The molecule has 3 N–H and O–H groups in total. The molecule has 6 heteroatoms. The minimum atomic E-state index is -0.851. The second-order valence-electron chi connectivity index (χ2n) is 24.6. The van der Waals surface area contributed by atoms with Crippen LogP contribution in [0.1, 0.15) is 399 Å². The van der Waals surface area contributed by atoms with E-state index in [-0.39, 0.29) is 18.5 Å². The van der Waals surface area contributed by atoms with E-state index in [1.807, 2.05) is 6.08 Å². The minimum absolute atomic E-state index is 0.0114. The molecule has 6 nitrogen and oxygen atoms in total. The van der Waals surface area contributed by atoms with Crippen LogP contribution in [0.4, 0.5) is 0 Å². The summed E-state index contributed by atoms with van der Waals surface area (Å²) in [6.07, 6.45) is 85.4. The summed E-state index contributed by atoms with van der Waals surface area (Å²) in [5.41, 5.74) is 0. The Morgan fingerprint density at radius 3 is 0.910 bits per heavy atom. The number of carbonyl (C=O) groups is 2. The van der Waals surface area contributed by atoms with Gasteiger partial charge in [0.1, 0.15) is 0 Å². The summed E-state index contributed by atoms with van der Waals surface area (Å²) in [5, 5.41) is 23.3. The third-order valence-electron chi connectivity index (χ3n) is 16.7. The fourth-order valence-electron chi connectivity index (χ4n) is 11.3. The minimum Gasteiger partial charge on any atom is -0.466 e. The van der Waals surface area contributed by atoms with E-state index in [1.54, 1.807) is 6.08 Å². The lowest BCUT2D eigenvalue weighted by molar-refractivity contribution is -0.143. The van der Waals surface area contributed by atoms with Gasteiger partial charge in [-0.05, 0) is 57.8 Å². The lowest BCUT2D eigenvalue weighted by Crippen LogP contribution is -2.45. The van der Waals surface area contributed by atoms with E-state index < -0.39 is 12.1 Å². The van der Waals surface area contributed by atoms with Crippen LogP contribution in [0.25, 0.3) is 0 Å². The lowest BCUT2D eigenvalue weighted by atomic mass is 10.0. The first-order chi connectivity index (χ1) is 38.5. The maximum atomic E-state index is 12.5. The normalized spacial score (nSPS) is 12.6. The van der Waals surface area contributed by atoms with Crippen molar-refractivity contribution in [1.82, 2.24) is 5.32 Å². The van der Waals surface area contributed by atoms with Crippen LogP contribution >= 0.6 is 0 Å². The molecular formula is C72H139NO5. The molecule has 0 saturated heterocycles. The summed E-state index contributed by atoms with van der Waals surface area (Å²) in [5.74, 6) is -0.0597. The van der Waals surface area contributed by atoms with Crippen LogP contribution in [0.15, 0.2) is 24.3 Å². The first-order valence-electron chi connectivity index (χ1n) is 35.6. The van der Waals surface area contributed by atoms with E-state index >= 15 is 0 Å². The number of carbonyl (C=O) groups excluding carboxylic acids is 2. The van der Waals surface area contributed by atoms with Gasteiger partial charge in [-0.2, -0.15) is 0 Å². The number of esters is 1. The quantitative estimate of drug-likeness (QED) is 0.0320. The number of rotatable bonds is 67. The molecule has 2 atom stereocenters. The molecule has 78 heavy (non-hydrogen) atoms. The van der Waals surface area contributed by atoms with Crippen molar-refractivity contribution in [3.05, 3.63) is 24.3 Å². The van der Waals surface area contributed by atoms with Crippen molar-refractivity contribution in [1.29, 1.82) is 0 Å². The molecule has 0 saturated carbocycles. The average Bonchev–Trinajstić information content (AvgIpc) is 3.44. The molecule has 0 aliphatic heterocycles. The SMILES string of the molecule is CCCCCCCCCCCCCCCCCCCCCCCCC/C=C/C(O)C(CO)NC(=O)CCCCCCCCC/C=C\CCCCCCCCCCCCOC(=O)CCCCCCCCCCCCCCCCC. The molecule has 0 bridgehead atoms. The smallest absolute Gasteiger partial charge is 0.305 e. The zero-order chi connectivity index (χ0) is 56.4. The molecular weight excluding hydrogens is 959 g/mol. The Morgan fingerprint density at radius 1 is 0.346 bits per heavy atom. The number of aliphatic hydroxyl groups is 2. The van der Waals surface area contributed by atoms with Gasteiger partial charge in [0.15, 0.2) is 0 Å². The number of nitrogens with one attached hydrogen (secondary N) is 1. The summed E-state index contributed by atoms with van der Waals surface area (Å²) >= 11 is 0. The monoisotopic (exact) mass is 1100 g/mol. The van der Waals surface area contributed by atoms with Gasteiger partial charge in [0.25, 0.3) is 0 Å². The van der Waals surface area contributed by atoms with Gasteiger partial charge >= 0.3 is 5.97 Å². The van der Waals surface area contributed by atoms with Crippen LogP contribution in [0.3, 0.4) is 0 Å². The molecule has 0 aromatic heterocycles. The number of amides is 1. The number of hydrogen-bond acceptors (Lipinski definition) is 5. The van der Waals surface area contributed by atoms with Gasteiger partial charge in [0.2, 0.25) is 5.91 Å². The summed E-state index contributed by atoms with van der Waals surface area (Å²) in [4.78, 5) is 24.6. The van der Waals surface area contributed by atoms with Crippen molar-refractivity contribution in [2.24, 2.45) is 0 Å². The van der Waals surface area contributed by atoms with Gasteiger partial charge in [-0.3, -0.25) is 9.59 Å². The molecule has 0 aliphatic rings. The Bertz CT molecular complexity index is 1220. The Labute approximate surface area is 488 Å². The average molecular weight is 1100 g/mol. The van der Waals surface area contributed by atoms with Crippen LogP contribution in [-0.2, 0) is 14.3 Å². The fourth-order valence-corrected chi connectivity index (χ4v) is 11.3. The molecule has 0 heterocycles. The highest BCUT2D eigenvalue weighted by molar-refractivity contribution is 5.76. The molecule has 0 rings (SSSR count). The first kappa shape index (κ1) is 76.3. The third kappa shape index (κ3) is 63.5. The van der Waals surface area contributed by atoms with Gasteiger partial charge in [-0.15, -0.1) is 0 Å². The maximum absolute atomic E-state index is 12.5. The molecule has 462 valence electrons. The van der Waals surface area contributed by atoms with E-state index in [0.29, 0.717) is 19.4 Å². The summed E-state index contributed by atoms with van der Waals surface area (Å²) in [6, 6.07) is -0.635. The van der Waals surface area contributed by atoms with Crippen molar-refractivity contribution in [2.45, 2.75) is 411 Å². The van der Waals surface area contributed by atoms with E-state index in [0.717, 1.165) is 44.9 Å². The second kappa shape index (κ2) is 67.8. The van der Waals surface area contributed by atoms with E-state index in [1.165, 1.54) is 327 Å². The van der Waals surface area contributed by atoms with Crippen molar-refractivity contribution >= 4 is 11.9 Å². The van der Waals surface area contributed by atoms with Gasteiger partial charge in [0, 0.05) is 12.8 Å². The van der Waals surface area contributed by atoms with Crippen molar-refractivity contribution in [2.75, 3.05) is 13.2 Å². The first-order valence-corrected chi connectivity index (χ1v) is 35.6. The van der Waals surface area contributed by atoms with Crippen molar-refractivity contribution in [3.63, 3.8) is 0 Å². The number of unbranched alkanes of at least 4 members (excludes halogenated alkanes) is 54. The summed E-state index contributed by atoms with van der Waals surface area (Å²) in [7, 11) is 0. The molecule has 0 spiro atoms. The lowest BCUT2D eigenvalue weighted by Gasteiger charge is -2.20. The number of aliphatic hydroxyl groups excluding tert-OH is 2. The van der Waals surface area contributed by atoms with E-state index in [9.17, 15) is 19.8 Å². The van der Waals surface area contributed by atoms with Crippen LogP contribution in [-0.4, -0.2) is 47.4 Å². The fraction of sp³-hybridized carbons (Fsp3) is 0.917. The Balaban J connectivity index is 3.44. The van der Waals surface area contributed by atoms with Crippen LogP contribution in [0.2, 0.25) is 0 Å². The summed E-state index contributed by atoms with van der Waals surface area (Å²) < 4.78 is 5.49. The maximum Gasteiger partial charge on any atom is 0.305 e. The topological polar surface area (TPSA) is 95.9 Å². The molecule has 0 aromatic rings. The predicted molar refractivity (Wildman–Crippen MR) is 343 cm³/mol. The molecule has 0 aromatic carbocycles. The number of allylic oxidation sites excluding steroid dienone is 3. The zero-order valence-electron chi connectivity index (χ0n) is 52.9. The van der Waals surface area contributed by atoms with Crippen LogP contribution in [0, 0.1) is 0 Å². The number of ether oxygens (including phenoxy) is 1. The molecule has 1 amide bonds. The third-order valence-corrected chi connectivity index (χ3v) is 16.7.